The molecule has 0 unspecified atom stereocenters. The zero-order valence-electron chi connectivity index (χ0n) is 7.46. The van der Waals surface area contributed by atoms with Crippen molar-refractivity contribution in [1.29, 1.82) is 0 Å². The first-order valence-corrected chi connectivity index (χ1v) is 4.73. The minimum Gasteiger partial charge on any atom is -0.395 e. The van der Waals surface area contributed by atoms with Crippen molar-refractivity contribution in [1.82, 2.24) is 4.90 Å². The van der Waals surface area contributed by atoms with Gasteiger partial charge in [0, 0.05) is 19.5 Å². The van der Waals surface area contributed by atoms with Gasteiger partial charge in [-0.1, -0.05) is 12.8 Å². The number of likely N-dealkylation sites (tertiary alicyclic amines) is 1. The zero-order chi connectivity index (χ0) is 8.81. The largest absolute Gasteiger partial charge is 0.395 e. The third kappa shape index (κ3) is 2.81. The van der Waals surface area contributed by atoms with E-state index in [1.165, 1.54) is 12.8 Å². The Balaban J connectivity index is 2.37. The molecule has 1 aliphatic rings. The van der Waals surface area contributed by atoms with E-state index < -0.39 is 0 Å². The Morgan fingerprint density at radius 2 is 2.00 bits per heavy atom. The average molecular weight is 171 g/mol. The van der Waals surface area contributed by atoms with Crippen LogP contribution in [-0.2, 0) is 4.79 Å². The fourth-order valence-corrected chi connectivity index (χ4v) is 1.57. The van der Waals surface area contributed by atoms with Crippen LogP contribution in [0.1, 0.15) is 32.1 Å². The molecule has 3 nitrogen and oxygen atoms in total. The molecule has 1 rings (SSSR count). The van der Waals surface area contributed by atoms with Gasteiger partial charge in [0.2, 0.25) is 5.91 Å². The van der Waals surface area contributed by atoms with Crippen LogP contribution in [0.3, 0.4) is 0 Å². The van der Waals surface area contributed by atoms with Crippen molar-refractivity contribution in [3.63, 3.8) is 0 Å². The number of β-amino-alcohol motifs (C(OH)–C–C–N with tert-alkyl or cyclic N) is 1. The fraction of sp³-hybridized carbons (Fsp3) is 0.889. The van der Waals surface area contributed by atoms with E-state index in [2.05, 4.69) is 0 Å². The van der Waals surface area contributed by atoms with Crippen molar-refractivity contribution < 1.29 is 9.90 Å². The highest BCUT2D eigenvalue weighted by Gasteiger charge is 2.13. The van der Waals surface area contributed by atoms with Crippen LogP contribution in [0.25, 0.3) is 0 Å². The summed E-state index contributed by atoms with van der Waals surface area (Å²) in [6.45, 7) is 1.43. The van der Waals surface area contributed by atoms with Gasteiger partial charge < -0.3 is 10.0 Å². The fourth-order valence-electron chi connectivity index (χ4n) is 1.57. The summed E-state index contributed by atoms with van der Waals surface area (Å²) in [6.07, 6.45) is 5.17. The molecule has 0 spiro atoms. The molecule has 0 aromatic rings. The average Bonchev–Trinajstić information content (AvgIpc) is 2.05. The molecule has 0 saturated carbocycles. The summed E-state index contributed by atoms with van der Waals surface area (Å²) in [7, 11) is 0. The number of carbonyl (C=O) groups is 1. The van der Waals surface area contributed by atoms with Crippen LogP contribution in [0, 0.1) is 0 Å². The summed E-state index contributed by atoms with van der Waals surface area (Å²) in [4.78, 5) is 13.1. The van der Waals surface area contributed by atoms with Crippen LogP contribution >= 0.6 is 0 Å². The Kier molecular flexibility index (Phi) is 4.08. The molecular weight excluding hydrogens is 154 g/mol. The monoisotopic (exact) mass is 171 g/mol. The van der Waals surface area contributed by atoms with E-state index in [0.717, 1.165) is 19.4 Å². The van der Waals surface area contributed by atoms with Crippen molar-refractivity contribution in [2.45, 2.75) is 32.1 Å². The predicted molar refractivity (Wildman–Crippen MR) is 46.8 cm³/mol. The lowest BCUT2D eigenvalue weighted by molar-refractivity contribution is -0.132. The maximum absolute atomic E-state index is 11.4. The van der Waals surface area contributed by atoms with E-state index in [1.54, 1.807) is 4.90 Å². The van der Waals surface area contributed by atoms with E-state index in [0.29, 0.717) is 13.0 Å². The maximum Gasteiger partial charge on any atom is 0.222 e. The SMILES string of the molecule is O=C1CCCCCCN1CCO. The van der Waals surface area contributed by atoms with Gasteiger partial charge >= 0.3 is 0 Å². The second-order valence-electron chi connectivity index (χ2n) is 3.27. The molecule has 1 heterocycles. The molecular formula is C9H17NO2. The highest BCUT2D eigenvalue weighted by molar-refractivity contribution is 5.76. The van der Waals surface area contributed by atoms with Gasteiger partial charge in [-0.05, 0) is 12.8 Å². The lowest BCUT2D eigenvalue weighted by atomic mass is 10.1. The van der Waals surface area contributed by atoms with Gasteiger partial charge in [-0.25, -0.2) is 0 Å². The van der Waals surface area contributed by atoms with Gasteiger partial charge in [-0.2, -0.15) is 0 Å². The molecule has 3 heteroatoms. The maximum atomic E-state index is 11.4. The topological polar surface area (TPSA) is 40.5 Å². The van der Waals surface area contributed by atoms with Gasteiger partial charge in [-0.15, -0.1) is 0 Å². The molecule has 1 amide bonds. The molecule has 1 fully saturated rings. The van der Waals surface area contributed by atoms with E-state index in [9.17, 15) is 4.79 Å². The number of rotatable bonds is 2. The van der Waals surface area contributed by atoms with Gasteiger partial charge in [0.1, 0.15) is 0 Å². The number of hydrogen-bond acceptors (Lipinski definition) is 2. The molecule has 0 radical (unpaired) electrons. The van der Waals surface area contributed by atoms with Crippen LogP contribution in [0.5, 0.6) is 0 Å². The molecule has 0 aliphatic carbocycles. The van der Waals surface area contributed by atoms with Crippen LogP contribution in [0.15, 0.2) is 0 Å². The Morgan fingerprint density at radius 3 is 2.75 bits per heavy atom. The van der Waals surface area contributed by atoms with Crippen molar-refractivity contribution >= 4 is 5.91 Å². The lowest BCUT2D eigenvalue weighted by Crippen LogP contribution is -2.35. The first-order valence-electron chi connectivity index (χ1n) is 4.73. The van der Waals surface area contributed by atoms with E-state index in [1.807, 2.05) is 0 Å². The Hall–Kier alpha value is -0.570. The smallest absolute Gasteiger partial charge is 0.222 e. The second kappa shape index (κ2) is 5.14. The quantitative estimate of drug-likeness (QED) is 0.666. The summed E-state index contributed by atoms with van der Waals surface area (Å²) in [5.41, 5.74) is 0. The Labute approximate surface area is 73.4 Å². The zero-order valence-corrected chi connectivity index (χ0v) is 7.46. The van der Waals surface area contributed by atoms with Gasteiger partial charge in [0.25, 0.3) is 0 Å². The van der Waals surface area contributed by atoms with Crippen LogP contribution < -0.4 is 0 Å². The van der Waals surface area contributed by atoms with Crippen LogP contribution in [0.4, 0.5) is 0 Å². The van der Waals surface area contributed by atoms with Crippen LogP contribution in [0.2, 0.25) is 0 Å². The standard InChI is InChI=1S/C9H17NO2/c11-8-7-10-6-4-2-1-3-5-9(10)12/h11H,1-8H2. The van der Waals surface area contributed by atoms with Crippen molar-refractivity contribution in [3.8, 4) is 0 Å². The third-order valence-corrected chi connectivity index (χ3v) is 2.29. The van der Waals surface area contributed by atoms with Crippen LogP contribution in [-0.4, -0.2) is 35.6 Å². The first-order chi connectivity index (χ1) is 5.84. The minimum atomic E-state index is 0.0890. The summed E-state index contributed by atoms with van der Waals surface area (Å²) in [6, 6.07) is 0. The van der Waals surface area contributed by atoms with E-state index >= 15 is 0 Å². The highest BCUT2D eigenvalue weighted by atomic mass is 16.3. The summed E-state index contributed by atoms with van der Waals surface area (Å²) in [5.74, 6) is 0.212. The molecule has 12 heavy (non-hydrogen) atoms. The Morgan fingerprint density at radius 1 is 1.25 bits per heavy atom. The molecule has 0 atom stereocenters. The number of hydrogen-bond donors (Lipinski definition) is 1. The third-order valence-electron chi connectivity index (χ3n) is 2.29. The summed E-state index contributed by atoms with van der Waals surface area (Å²) < 4.78 is 0. The summed E-state index contributed by atoms with van der Waals surface area (Å²) in [5, 5.41) is 8.70. The normalized spacial score (nSPS) is 20.4. The highest BCUT2D eigenvalue weighted by Crippen LogP contribution is 2.10. The van der Waals surface area contributed by atoms with Gasteiger partial charge in [0.15, 0.2) is 0 Å². The van der Waals surface area contributed by atoms with Crippen molar-refractivity contribution in [2.75, 3.05) is 19.7 Å². The van der Waals surface area contributed by atoms with Crippen molar-refractivity contribution in [2.24, 2.45) is 0 Å². The molecule has 1 N–H and O–H groups in total. The first kappa shape index (κ1) is 9.52. The van der Waals surface area contributed by atoms with Crippen molar-refractivity contribution in [3.05, 3.63) is 0 Å². The van der Waals surface area contributed by atoms with Gasteiger partial charge in [-0.3, -0.25) is 4.79 Å². The summed E-state index contributed by atoms with van der Waals surface area (Å²) >= 11 is 0. The minimum absolute atomic E-state index is 0.0890. The predicted octanol–water partition coefficient (Wildman–Crippen LogP) is 0.771. The lowest BCUT2D eigenvalue weighted by Gasteiger charge is -2.23. The second-order valence-corrected chi connectivity index (χ2v) is 3.27. The number of nitrogens with zero attached hydrogens (tertiary/aromatic N) is 1. The Bertz CT molecular complexity index is 147. The molecule has 0 aromatic heterocycles. The molecule has 1 aliphatic heterocycles. The number of carbonyl (C=O) groups excluding carboxylic acids is 1. The molecule has 0 aromatic carbocycles. The number of amides is 1. The molecule has 0 bridgehead atoms. The molecule has 1 saturated heterocycles. The number of aliphatic hydroxyl groups excluding tert-OH is 1. The molecule has 70 valence electrons. The van der Waals surface area contributed by atoms with Gasteiger partial charge in [0.05, 0.1) is 6.61 Å². The van der Waals surface area contributed by atoms with E-state index in [-0.39, 0.29) is 12.5 Å². The number of aliphatic hydroxyl groups is 1. The van der Waals surface area contributed by atoms with E-state index in [4.69, 9.17) is 5.11 Å².